The highest BCUT2D eigenvalue weighted by atomic mass is 15.0. The van der Waals surface area contributed by atoms with Gasteiger partial charge in [0.15, 0.2) is 0 Å². The van der Waals surface area contributed by atoms with E-state index in [4.69, 9.17) is 0 Å². The van der Waals surface area contributed by atoms with Crippen LogP contribution in [0.3, 0.4) is 0 Å². The third kappa shape index (κ3) is 3.34. The second-order valence-electron chi connectivity index (χ2n) is 4.82. The monoisotopic (exact) mass is 221 g/mol. The van der Waals surface area contributed by atoms with Gasteiger partial charge < -0.3 is 9.88 Å². The van der Waals surface area contributed by atoms with Crippen LogP contribution in [0.25, 0.3) is 0 Å². The van der Waals surface area contributed by atoms with Gasteiger partial charge in [-0.25, -0.2) is 4.98 Å². The average Bonchev–Trinajstić information content (AvgIpc) is 2.91. The Morgan fingerprint density at radius 1 is 1.44 bits per heavy atom. The molecule has 3 heteroatoms. The Morgan fingerprint density at radius 3 is 3.00 bits per heavy atom. The van der Waals surface area contributed by atoms with Crippen molar-refractivity contribution in [1.82, 2.24) is 14.9 Å². The van der Waals surface area contributed by atoms with Crippen LogP contribution in [0, 0.1) is 5.92 Å². The summed E-state index contributed by atoms with van der Waals surface area (Å²) in [6.07, 6.45) is 10.9. The maximum Gasteiger partial charge on any atom is 0.0949 e. The second kappa shape index (κ2) is 6.04. The Kier molecular flexibility index (Phi) is 4.40. The first-order valence-corrected chi connectivity index (χ1v) is 6.60. The van der Waals surface area contributed by atoms with Gasteiger partial charge in [-0.3, -0.25) is 0 Å². The van der Waals surface area contributed by atoms with E-state index in [1.54, 1.807) is 0 Å². The molecule has 0 spiro atoms. The van der Waals surface area contributed by atoms with Crippen molar-refractivity contribution in [2.24, 2.45) is 5.92 Å². The van der Waals surface area contributed by atoms with Crippen molar-refractivity contribution >= 4 is 0 Å². The molecule has 16 heavy (non-hydrogen) atoms. The van der Waals surface area contributed by atoms with E-state index in [2.05, 4.69) is 28.0 Å². The summed E-state index contributed by atoms with van der Waals surface area (Å²) in [5, 5.41) is 3.33. The molecule has 2 rings (SSSR count). The molecule has 0 amide bonds. The molecule has 1 aromatic heterocycles. The van der Waals surface area contributed by atoms with E-state index < -0.39 is 0 Å². The van der Waals surface area contributed by atoms with E-state index in [1.165, 1.54) is 37.9 Å². The highest BCUT2D eigenvalue weighted by Crippen LogP contribution is 2.26. The van der Waals surface area contributed by atoms with Crippen molar-refractivity contribution in [3.8, 4) is 0 Å². The van der Waals surface area contributed by atoms with Crippen molar-refractivity contribution in [3.05, 3.63) is 18.2 Å². The molecule has 0 atom stereocenters. The predicted octanol–water partition coefficient (Wildman–Crippen LogP) is 2.23. The molecule has 90 valence electrons. The molecule has 1 saturated carbocycles. The Bertz CT molecular complexity index is 300. The number of hydrogen-bond acceptors (Lipinski definition) is 2. The summed E-state index contributed by atoms with van der Waals surface area (Å²) in [5.41, 5.74) is 1.22. The molecule has 1 aromatic rings. The summed E-state index contributed by atoms with van der Waals surface area (Å²) >= 11 is 0. The summed E-state index contributed by atoms with van der Waals surface area (Å²) in [5.74, 6) is 0.899. The second-order valence-corrected chi connectivity index (χ2v) is 4.82. The molecule has 0 unspecified atom stereocenters. The number of nitrogens with zero attached hydrogens (tertiary/aromatic N) is 2. The summed E-state index contributed by atoms with van der Waals surface area (Å²) in [6.45, 7) is 5.40. The van der Waals surface area contributed by atoms with Crippen LogP contribution in [0.2, 0.25) is 0 Å². The molecule has 0 aliphatic heterocycles. The van der Waals surface area contributed by atoms with Gasteiger partial charge in [-0.15, -0.1) is 0 Å². The molecule has 1 aliphatic rings. The van der Waals surface area contributed by atoms with Gasteiger partial charge >= 0.3 is 0 Å². The third-order valence-electron chi connectivity index (χ3n) is 3.44. The zero-order chi connectivity index (χ0) is 11.2. The lowest BCUT2D eigenvalue weighted by Crippen LogP contribution is -2.16. The fraction of sp³-hybridized carbons (Fsp3) is 0.769. The highest BCUT2D eigenvalue weighted by molar-refractivity contribution is 4.97. The molecule has 1 heterocycles. The molecule has 1 fully saturated rings. The molecule has 0 aromatic carbocycles. The van der Waals surface area contributed by atoms with Crippen LogP contribution in [-0.2, 0) is 13.0 Å². The van der Waals surface area contributed by atoms with Gasteiger partial charge in [0, 0.05) is 25.7 Å². The van der Waals surface area contributed by atoms with Crippen molar-refractivity contribution in [2.45, 2.75) is 45.6 Å². The number of likely N-dealkylation sites (N-methyl/N-ethyl adjacent to an activating group) is 1. The quantitative estimate of drug-likeness (QED) is 0.747. The van der Waals surface area contributed by atoms with Crippen molar-refractivity contribution in [1.29, 1.82) is 0 Å². The van der Waals surface area contributed by atoms with E-state index in [9.17, 15) is 0 Å². The minimum Gasteiger partial charge on any atom is -0.337 e. The van der Waals surface area contributed by atoms with Crippen molar-refractivity contribution in [3.63, 3.8) is 0 Å². The lowest BCUT2D eigenvalue weighted by atomic mass is 10.1. The average molecular weight is 221 g/mol. The molecule has 3 nitrogen and oxygen atoms in total. The van der Waals surface area contributed by atoms with E-state index >= 15 is 0 Å². The standard InChI is InChI=1S/C13H23N3/c1-2-14-8-7-13-10-16(11-15-13)9-12-5-3-4-6-12/h10-12,14H,2-9H2,1H3. The normalized spacial score (nSPS) is 17.1. The molecule has 1 N–H and O–H groups in total. The molecule has 0 radical (unpaired) electrons. The first kappa shape index (κ1) is 11.6. The predicted molar refractivity (Wildman–Crippen MR) is 66.4 cm³/mol. The van der Waals surface area contributed by atoms with Crippen LogP contribution in [0.4, 0.5) is 0 Å². The van der Waals surface area contributed by atoms with Crippen LogP contribution in [0.15, 0.2) is 12.5 Å². The van der Waals surface area contributed by atoms with E-state index in [-0.39, 0.29) is 0 Å². The fourth-order valence-corrected chi connectivity index (χ4v) is 2.52. The smallest absolute Gasteiger partial charge is 0.0949 e. The summed E-state index contributed by atoms with van der Waals surface area (Å²) in [6, 6.07) is 0. The van der Waals surface area contributed by atoms with Crippen LogP contribution in [0.5, 0.6) is 0 Å². The minimum atomic E-state index is 0.899. The Morgan fingerprint density at radius 2 is 2.25 bits per heavy atom. The number of nitrogens with one attached hydrogen (secondary N) is 1. The van der Waals surface area contributed by atoms with Crippen molar-refractivity contribution in [2.75, 3.05) is 13.1 Å². The van der Waals surface area contributed by atoms with Gasteiger partial charge in [0.1, 0.15) is 0 Å². The Labute approximate surface area is 98.3 Å². The van der Waals surface area contributed by atoms with Gasteiger partial charge in [0.25, 0.3) is 0 Å². The number of rotatable bonds is 6. The summed E-state index contributed by atoms with van der Waals surface area (Å²) in [7, 11) is 0. The largest absolute Gasteiger partial charge is 0.337 e. The van der Waals surface area contributed by atoms with Gasteiger partial charge in [-0.05, 0) is 25.3 Å². The summed E-state index contributed by atoms with van der Waals surface area (Å²) < 4.78 is 2.28. The number of imidazole rings is 1. The summed E-state index contributed by atoms with van der Waals surface area (Å²) in [4.78, 5) is 4.45. The van der Waals surface area contributed by atoms with Gasteiger partial charge in [0.05, 0.1) is 12.0 Å². The lowest BCUT2D eigenvalue weighted by molar-refractivity contribution is 0.457. The molecular weight excluding hydrogens is 198 g/mol. The topological polar surface area (TPSA) is 29.9 Å². The van der Waals surface area contributed by atoms with Crippen LogP contribution in [-0.4, -0.2) is 22.6 Å². The lowest BCUT2D eigenvalue weighted by Gasteiger charge is -2.08. The SMILES string of the molecule is CCNCCc1cn(CC2CCCC2)cn1. The number of hydrogen-bond donors (Lipinski definition) is 1. The van der Waals surface area contributed by atoms with E-state index in [0.29, 0.717) is 0 Å². The number of aromatic nitrogens is 2. The molecular formula is C13H23N3. The van der Waals surface area contributed by atoms with E-state index in [0.717, 1.165) is 25.4 Å². The third-order valence-corrected chi connectivity index (χ3v) is 3.44. The fourth-order valence-electron chi connectivity index (χ4n) is 2.52. The molecule has 1 aliphatic carbocycles. The maximum absolute atomic E-state index is 4.45. The Balaban J connectivity index is 1.77. The molecule has 0 saturated heterocycles. The Hall–Kier alpha value is -0.830. The molecule has 0 bridgehead atoms. The van der Waals surface area contributed by atoms with Crippen LogP contribution in [0.1, 0.15) is 38.3 Å². The van der Waals surface area contributed by atoms with Gasteiger partial charge in [-0.1, -0.05) is 19.8 Å². The zero-order valence-corrected chi connectivity index (χ0v) is 10.3. The zero-order valence-electron chi connectivity index (χ0n) is 10.3. The maximum atomic E-state index is 4.45. The highest BCUT2D eigenvalue weighted by Gasteiger charge is 2.15. The minimum absolute atomic E-state index is 0.899. The van der Waals surface area contributed by atoms with E-state index in [1.807, 2.05) is 6.33 Å². The van der Waals surface area contributed by atoms with Crippen LogP contribution < -0.4 is 5.32 Å². The van der Waals surface area contributed by atoms with Gasteiger partial charge in [0.2, 0.25) is 0 Å². The first-order valence-electron chi connectivity index (χ1n) is 6.60. The van der Waals surface area contributed by atoms with Crippen molar-refractivity contribution < 1.29 is 0 Å². The van der Waals surface area contributed by atoms with Gasteiger partial charge in [-0.2, -0.15) is 0 Å². The van der Waals surface area contributed by atoms with Crippen LogP contribution >= 0.6 is 0 Å². The first-order chi connectivity index (χ1) is 7.88.